The third kappa shape index (κ3) is 4.33. The van der Waals surface area contributed by atoms with Crippen molar-refractivity contribution in [2.45, 2.75) is 25.4 Å². The molecule has 0 saturated heterocycles. The minimum Gasteiger partial charge on any atom is -0.396 e. The number of unbranched alkanes of at least 4 members (excludes halogenated alkanes) is 1. The second-order valence-corrected chi connectivity index (χ2v) is 2.50. The third-order valence-electron chi connectivity index (χ3n) is 1.51. The van der Waals surface area contributed by atoms with Gasteiger partial charge in [0.25, 0.3) is 0 Å². The number of aldehydes is 1. The van der Waals surface area contributed by atoms with E-state index in [4.69, 9.17) is 5.11 Å². The summed E-state index contributed by atoms with van der Waals surface area (Å²) >= 11 is 0. The van der Waals surface area contributed by atoms with Crippen LogP contribution in [0.2, 0.25) is 0 Å². The average Bonchev–Trinajstić information content (AvgIpc) is 1.95. The summed E-state index contributed by atoms with van der Waals surface area (Å²) < 4.78 is 35.6. The first-order chi connectivity index (χ1) is 5.52. The fraction of sp³-hybridized carbons (Fsp3) is 0.857. The van der Waals surface area contributed by atoms with Crippen LogP contribution in [0.3, 0.4) is 0 Å². The van der Waals surface area contributed by atoms with Crippen LogP contribution in [0, 0.1) is 5.92 Å². The second-order valence-electron chi connectivity index (χ2n) is 2.50. The number of carbonyl (C=O) groups excluding carboxylic acids is 1. The Kier molecular flexibility index (Phi) is 4.89. The Labute approximate surface area is 68.4 Å². The minimum atomic E-state index is -4.43. The smallest absolute Gasteiger partial charge is 0.396 e. The maximum atomic E-state index is 11.9. The normalized spacial score (nSPS) is 14.3. The van der Waals surface area contributed by atoms with E-state index in [0.29, 0.717) is 6.42 Å². The van der Waals surface area contributed by atoms with Crippen molar-refractivity contribution in [3.05, 3.63) is 0 Å². The van der Waals surface area contributed by atoms with Gasteiger partial charge in [-0.1, -0.05) is 6.42 Å². The first kappa shape index (κ1) is 11.4. The van der Waals surface area contributed by atoms with Crippen LogP contribution in [0.25, 0.3) is 0 Å². The Morgan fingerprint density at radius 1 is 1.33 bits per heavy atom. The molecular weight excluding hydrogens is 173 g/mol. The van der Waals surface area contributed by atoms with Gasteiger partial charge >= 0.3 is 6.18 Å². The lowest BCUT2D eigenvalue weighted by atomic mass is 10.0. The zero-order valence-electron chi connectivity index (χ0n) is 6.47. The topological polar surface area (TPSA) is 37.3 Å². The maximum Gasteiger partial charge on any atom is 0.398 e. The highest BCUT2D eigenvalue weighted by molar-refractivity contribution is 5.54. The molecule has 2 nitrogen and oxygen atoms in total. The lowest BCUT2D eigenvalue weighted by Crippen LogP contribution is -2.24. The summed E-state index contributed by atoms with van der Waals surface area (Å²) in [7, 11) is 0. The van der Waals surface area contributed by atoms with Crippen LogP contribution in [0.4, 0.5) is 13.2 Å². The van der Waals surface area contributed by atoms with E-state index in [2.05, 4.69) is 0 Å². The molecule has 0 aromatic carbocycles. The quantitative estimate of drug-likeness (QED) is 0.519. The molecule has 12 heavy (non-hydrogen) atoms. The molecular formula is C7H11F3O2. The van der Waals surface area contributed by atoms with Crippen LogP contribution in [-0.2, 0) is 4.79 Å². The van der Waals surface area contributed by atoms with E-state index in [1.807, 2.05) is 0 Å². The summed E-state index contributed by atoms with van der Waals surface area (Å²) in [6, 6.07) is 0. The van der Waals surface area contributed by atoms with Crippen LogP contribution in [0.15, 0.2) is 0 Å². The average molecular weight is 184 g/mol. The molecule has 0 aromatic rings. The summed E-state index contributed by atoms with van der Waals surface area (Å²) in [5.41, 5.74) is 0. The van der Waals surface area contributed by atoms with Crippen molar-refractivity contribution in [2.75, 3.05) is 6.61 Å². The number of aliphatic hydroxyl groups excluding tert-OH is 1. The predicted molar refractivity (Wildman–Crippen MR) is 36.5 cm³/mol. The van der Waals surface area contributed by atoms with Crippen molar-refractivity contribution in [2.24, 2.45) is 5.92 Å². The molecule has 0 rings (SSSR count). The zero-order chi connectivity index (χ0) is 9.61. The Morgan fingerprint density at radius 3 is 2.25 bits per heavy atom. The van der Waals surface area contributed by atoms with Gasteiger partial charge in [-0.15, -0.1) is 0 Å². The summed E-state index contributed by atoms with van der Waals surface area (Å²) in [6.45, 7) is -0.135. The maximum absolute atomic E-state index is 11.9. The summed E-state index contributed by atoms with van der Waals surface area (Å²) in [4.78, 5) is 9.96. The van der Waals surface area contributed by atoms with Gasteiger partial charge in [0.15, 0.2) is 0 Å². The number of halogens is 3. The van der Waals surface area contributed by atoms with Crippen LogP contribution >= 0.6 is 0 Å². The van der Waals surface area contributed by atoms with Crippen LogP contribution in [-0.4, -0.2) is 24.2 Å². The number of rotatable bonds is 5. The monoisotopic (exact) mass is 184 g/mol. The fourth-order valence-electron chi connectivity index (χ4n) is 0.785. The van der Waals surface area contributed by atoms with Crippen molar-refractivity contribution in [1.82, 2.24) is 0 Å². The molecule has 0 aliphatic carbocycles. The number of alkyl halides is 3. The SMILES string of the molecule is O=CC(CCCCO)C(F)(F)F. The van der Waals surface area contributed by atoms with Gasteiger partial charge in [-0.05, 0) is 12.8 Å². The zero-order valence-corrected chi connectivity index (χ0v) is 6.47. The standard InChI is InChI=1S/C7H11F3O2/c8-7(9,10)6(5-12)3-1-2-4-11/h5-6,11H,1-4H2. The first-order valence-electron chi connectivity index (χ1n) is 3.65. The first-order valence-corrected chi connectivity index (χ1v) is 3.65. The van der Waals surface area contributed by atoms with E-state index in [-0.39, 0.29) is 25.7 Å². The van der Waals surface area contributed by atoms with E-state index in [1.165, 1.54) is 0 Å². The molecule has 5 heteroatoms. The van der Waals surface area contributed by atoms with Gasteiger partial charge in [-0.25, -0.2) is 0 Å². The van der Waals surface area contributed by atoms with E-state index in [0.717, 1.165) is 0 Å². The van der Waals surface area contributed by atoms with Crippen LogP contribution < -0.4 is 0 Å². The van der Waals surface area contributed by atoms with Gasteiger partial charge in [0.05, 0.1) is 0 Å². The molecule has 0 amide bonds. The van der Waals surface area contributed by atoms with Gasteiger partial charge < -0.3 is 9.90 Å². The largest absolute Gasteiger partial charge is 0.398 e. The van der Waals surface area contributed by atoms with Crippen molar-refractivity contribution in [3.8, 4) is 0 Å². The lowest BCUT2D eigenvalue weighted by molar-refractivity contribution is -0.175. The van der Waals surface area contributed by atoms with Crippen molar-refractivity contribution in [3.63, 3.8) is 0 Å². The molecule has 72 valence electrons. The van der Waals surface area contributed by atoms with Crippen molar-refractivity contribution < 1.29 is 23.1 Å². The molecule has 0 saturated carbocycles. The molecule has 0 heterocycles. The van der Waals surface area contributed by atoms with Gasteiger partial charge in [0.2, 0.25) is 0 Å². The molecule has 1 atom stereocenters. The Balaban J connectivity index is 3.76. The van der Waals surface area contributed by atoms with Gasteiger partial charge in [0.1, 0.15) is 12.2 Å². The van der Waals surface area contributed by atoms with E-state index in [9.17, 15) is 18.0 Å². The highest BCUT2D eigenvalue weighted by atomic mass is 19.4. The lowest BCUT2D eigenvalue weighted by Gasteiger charge is -2.13. The molecule has 0 fully saturated rings. The summed E-state index contributed by atoms with van der Waals surface area (Å²) in [5.74, 6) is -1.87. The number of hydrogen-bond donors (Lipinski definition) is 1. The summed E-state index contributed by atoms with van der Waals surface area (Å²) in [6.07, 6.45) is -4.22. The highest BCUT2D eigenvalue weighted by Gasteiger charge is 2.38. The molecule has 0 aliphatic rings. The minimum absolute atomic E-state index is 0.0859. The Hall–Kier alpha value is -0.580. The predicted octanol–water partition coefficient (Wildman–Crippen LogP) is 1.53. The van der Waals surface area contributed by atoms with Crippen LogP contribution in [0.1, 0.15) is 19.3 Å². The molecule has 0 aromatic heterocycles. The fourth-order valence-corrected chi connectivity index (χ4v) is 0.785. The van der Waals surface area contributed by atoms with E-state index in [1.54, 1.807) is 0 Å². The molecule has 0 aliphatic heterocycles. The number of carbonyl (C=O) groups is 1. The molecule has 0 bridgehead atoms. The van der Waals surface area contributed by atoms with E-state index >= 15 is 0 Å². The van der Waals surface area contributed by atoms with Crippen LogP contribution in [0.5, 0.6) is 0 Å². The third-order valence-corrected chi connectivity index (χ3v) is 1.51. The van der Waals surface area contributed by atoms with Crippen molar-refractivity contribution in [1.29, 1.82) is 0 Å². The second kappa shape index (κ2) is 5.13. The Morgan fingerprint density at radius 2 is 1.92 bits per heavy atom. The number of aliphatic hydroxyl groups is 1. The van der Waals surface area contributed by atoms with Crippen molar-refractivity contribution >= 4 is 6.29 Å². The molecule has 1 N–H and O–H groups in total. The number of hydrogen-bond acceptors (Lipinski definition) is 2. The van der Waals surface area contributed by atoms with Gasteiger partial charge in [-0.3, -0.25) is 0 Å². The Bertz CT molecular complexity index is 133. The van der Waals surface area contributed by atoms with Gasteiger partial charge in [-0.2, -0.15) is 13.2 Å². The highest BCUT2D eigenvalue weighted by Crippen LogP contribution is 2.28. The molecule has 0 radical (unpaired) electrons. The summed E-state index contributed by atoms with van der Waals surface area (Å²) in [5, 5.41) is 8.29. The molecule has 1 unspecified atom stereocenters. The molecule has 0 spiro atoms. The van der Waals surface area contributed by atoms with Gasteiger partial charge in [0, 0.05) is 6.61 Å². The van der Waals surface area contributed by atoms with E-state index < -0.39 is 12.1 Å².